The number of hydrogen-bond donors (Lipinski definition) is 1. The van der Waals surface area contributed by atoms with Gasteiger partial charge in [0.25, 0.3) is 0 Å². The highest BCUT2D eigenvalue weighted by Gasteiger charge is 2.26. The zero-order chi connectivity index (χ0) is 14.0. The molecule has 1 aliphatic rings. The van der Waals surface area contributed by atoms with E-state index in [1.54, 1.807) is 7.11 Å². The van der Waals surface area contributed by atoms with E-state index in [-0.39, 0.29) is 11.6 Å². The van der Waals surface area contributed by atoms with Crippen LogP contribution in [0.3, 0.4) is 0 Å². The third-order valence-electron chi connectivity index (χ3n) is 3.21. The van der Waals surface area contributed by atoms with Crippen molar-refractivity contribution < 1.29 is 9.47 Å². The maximum Gasteiger partial charge on any atom is 0.161 e. The van der Waals surface area contributed by atoms with Crippen molar-refractivity contribution >= 4 is 0 Å². The molecule has 4 nitrogen and oxygen atoms in total. The third kappa shape index (κ3) is 3.85. The average Bonchev–Trinajstić information content (AvgIpc) is 2.25. The summed E-state index contributed by atoms with van der Waals surface area (Å²) in [5, 5.41) is 0. The van der Waals surface area contributed by atoms with Crippen LogP contribution in [0.2, 0.25) is 0 Å². The summed E-state index contributed by atoms with van der Waals surface area (Å²) in [7, 11) is 3.76. The Morgan fingerprint density at radius 2 is 2.00 bits per heavy atom. The summed E-state index contributed by atoms with van der Waals surface area (Å²) in [6.45, 7) is 5.99. The number of rotatable bonds is 5. The Hall–Kier alpha value is -1.26. The minimum atomic E-state index is -0.220. The van der Waals surface area contributed by atoms with Crippen molar-refractivity contribution in [1.82, 2.24) is 4.90 Å². The topological polar surface area (TPSA) is 47.7 Å². The van der Waals surface area contributed by atoms with E-state index in [1.165, 1.54) is 5.56 Å². The van der Waals surface area contributed by atoms with Gasteiger partial charge in [0.05, 0.1) is 7.11 Å². The van der Waals surface area contributed by atoms with Gasteiger partial charge in [-0.05, 0) is 45.0 Å². The van der Waals surface area contributed by atoms with E-state index in [9.17, 15) is 0 Å². The molecule has 19 heavy (non-hydrogen) atoms. The Bertz CT molecular complexity index is 434. The van der Waals surface area contributed by atoms with Crippen molar-refractivity contribution in [2.45, 2.75) is 31.9 Å². The summed E-state index contributed by atoms with van der Waals surface area (Å²) in [6, 6.07) is 6.05. The number of likely N-dealkylation sites (N-methyl/N-ethyl adjacent to an activating group) is 1. The summed E-state index contributed by atoms with van der Waals surface area (Å²) >= 11 is 0. The first-order valence-corrected chi connectivity index (χ1v) is 6.68. The third-order valence-corrected chi connectivity index (χ3v) is 3.21. The maximum absolute atomic E-state index is 6.07. The number of ether oxygens (including phenoxy) is 2. The Morgan fingerprint density at radius 1 is 1.32 bits per heavy atom. The first kappa shape index (κ1) is 14.2. The molecule has 0 spiro atoms. The highest BCUT2D eigenvalue weighted by atomic mass is 16.5. The second-order valence-corrected chi connectivity index (χ2v) is 6.11. The standard InChI is InChI=1S/C15H24N2O2/c1-15(2,16)8-11-5-6-13(18-4)14(7-11)19-12-9-17(3)10-12/h5-7,12H,8-10,16H2,1-4H3. The lowest BCUT2D eigenvalue weighted by atomic mass is 9.96. The molecular formula is C15H24N2O2. The van der Waals surface area contributed by atoms with E-state index in [0.717, 1.165) is 31.0 Å². The number of nitrogens with zero attached hydrogens (tertiary/aromatic N) is 1. The molecule has 0 aliphatic carbocycles. The predicted octanol–water partition coefficient (Wildman–Crippen LogP) is 1.67. The Labute approximate surface area is 115 Å². The van der Waals surface area contributed by atoms with Crippen molar-refractivity contribution in [3.63, 3.8) is 0 Å². The first-order chi connectivity index (χ1) is 8.87. The molecule has 2 N–H and O–H groups in total. The zero-order valence-corrected chi connectivity index (χ0v) is 12.3. The Balaban J connectivity index is 2.12. The van der Waals surface area contributed by atoms with E-state index in [1.807, 2.05) is 32.0 Å². The lowest BCUT2D eigenvalue weighted by Crippen LogP contribution is -2.51. The van der Waals surface area contributed by atoms with Crippen molar-refractivity contribution in [1.29, 1.82) is 0 Å². The summed E-state index contributed by atoms with van der Waals surface area (Å²) in [6.07, 6.45) is 1.08. The lowest BCUT2D eigenvalue weighted by Gasteiger charge is -2.36. The van der Waals surface area contributed by atoms with E-state index in [4.69, 9.17) is 15.2 Å². The maximum atomic E-state index is 6.07. The first-order valence-electron chi connectivity index (χ1n) is 6.68. The van der Waals surface area contributed by atoms with Crippen LogP contribution in [0.5, 0.6) is 11.5 Å². The van der Waals surface area contributed by atoms with Gasteiger partial charge in [-0.3, -0.25) is 4.90 Å². The van der Waals surface area contributed by atoms with Gasteiger partial charge in [-0.2, -0.15) is 0 Å². The second-order valence-electron chi connectivity index (χ2n) is 6.11. The summed E-state index contributed by atoms with van der Waals surface area (Å²) in [5.41, 5.74) is 7.02. The molecule has 0 atom stereocenters. The van der Waals surface area contributed by atoms with E-state index >= 15 is 0 Å². The van der Waals surface area contributed by atoms with Gasteiger partial charge in [0, 0.05) is 18.6 Å². The molecule has 1 aromatic carbocycles. The number of methoxy groups -OCH3 is 1. The van der Waals surface area contributed by atoms with Gasteiger partial charge in [-0.15, -0.1) is 0 Å². The van der Waals surface area contributed by atoms with Crippen LogP contribution in [0.4, 0.5) is 0 Å². The van der Waals surface area contributed by atoms with Crippen LogP contribution in [0.25, 0.3) is 0 Å². The summed E-state index contributed by atoms with van der Waals surface area (Å²) in [5.74, 6) is 1.61. The fourth-order valence-corrected chi connectivity index (χ4v) is 2.35. The highest BCUT2D eigenvalue weighted by molar-refractivity contribution is 5.43. The van der Waals surface area contributed by atoms with Crippen LogP contribution in [0.15, 0.2) is 18.2 Å². The van der Waals surface area contributed by atoms with Crippen molar-refractivity contribution in [3.8, 4) is 11.5 Å². The van der Waals surface area contributed by atoms with Crippen LogP contribution in [-0.2, 0) is 6.42 Å². The van der Waals surface area contributed by atoms with E-state index in [2.05, 4.69) is 11.9 Å². The fraction of sp³-hybridized carbons (Fsp3) is 0.600. The normalized spacial score (nSPS) is 17.1. The molecule has 1 aromatic rings. The van der Waals surface area contributed by atoms with E-state index < -0.39 is 0 Å². The van der Waals surface area contributed by atoms with Crippen LogP contribution >= 0.6 is 0 Å². The number of likely N-dealkylation sites (tertiary alicyclic amines) is 1. The van der Waals surface area contributed by atoms with Gasteiger partial charge in [0.15, 0.2) is 11.5 Å². The van der Waals surface area contributed by atoms with Crippen molar-refractivity contribution in [2.24, 2.45) is 5.73 Å². The number of benzene rings is 1. The molecular weight excluding hydrogens is 240 g/mol. The fourth-order valence-electron chi connectivity index (χ4n) is 2.35. The second kappa shape index (κ2) is 5.39. The molecule has 4 heteroatoms. The van der Waals surface area contributed by atoms with Crippen LogP contribution in [0, 0.1) is 0 Å². The van der Waals surface area contributed by atoms with Gasteiger partial charge in [0.1, 0.15) is 6.10 Å². The Morgan fingerprint density at radius 3 is 2.53 bits per heavy atom. The SMILES string of the molecule is COc1ccc(CC(C)(C)N)cc1OC1CN(C)C1. The van der Waals surface area contributed by atoms with Crippen LogP contribution in [0.1, 0.15) is 19.4 Å². The average molecular weight is 264 g/mol. The minimum Gasteiger partial charge on any atom is -0.493 e. The molecule has 2 rings (SSSR count). The van der Waals surface area contributed by atoms with E-state index in [0.29, 0.717) is 0 Å². The van der Waals surface area contributed by atoms with Gasteiger partial charge in [0.2, 0.25) is 0 Å². The molecule has 1 heterocycles. The van der Waals surface area contributed by atoms with Crippen molar-refractivity contribution in [3.05, 3.63) is 23.8 Å². The van der Waals surface area contributed by atoms with Crippen LogP contribution < -0.4 is 15.2 Å². The number of nitrogens with two attached hydrogens (primary N) is 1. The molecule has 0 radical (unpaired) electrons. The molecule has 1 fully saturated rings. The lowest BCUT2D eigenvalue weighted by molar-refractivity contribution is 0.0369. The van der Waals surface area contributed by atoms with Gasteiger partial charge in [-0.25, -0.2) is 0 Å². The van der Waals surface area contributed by atoms with Gasteiger partial charge < -0.3 is 15.2 Å². The molecule has 106 valence electrons. The monoisotopic (exact) mass is 264 g/mol. The largest absolute Gasteiger partial charge is 0.493 e. The molecule has 0 aromatic heterocycles. The van der Waals surface area contributed by atoms with Crippen molar-refractivity contribution in [2.75, 3.05) is 27.2 Å². The molecule has 0 unspecified atom stereocenters. The zero-order valence-electron chi connectivity index (χ0n) is 12.3. The predicted molar refractivity (Wildman–Crippen MR) is 76.9 cm³/mol. The molecule has 1 saturated heterocycles. The van der Waals surface area contributed by atoms with Crippen LogP contribution in [-0.4, -0.2) is 43.8 Å². The number of hydrogen-bond acceptors (Lipinski definition) is 4. The molecule has 0 amide bonds. The van der Waals surface area contributed by atoms with Gasteiger partial charge in [-0.1, -0.05) is 6.07 Å². The smallest absolute Gasteiger partial charge is 0.161 e. The van der Waals surface area contributed by atoms with Gasteiger partial charge >= 0.3 is 0 Å². The molecule has 0 bridgehead atoms. The Kier molecular flexibility index (Phi) is 4.02. The highest BCUT2D eigenvalue weighted by Crippen LogP contribution is 2.31. The summed E-state index contributed by atoms with van der Waals surface area (Å²) < 4.78 is 11.3. The molecule has 0 saturated carbocycles. The molecule has 1 aliphatic heterocycles. The minimum absolute atomic E-state index is 0.220. The summed E-state index contributed by atoms with van der Waals surface area (Å²) in [4.78, 5) is 2.23. The quantitative estimate of drug-likeness (QED) is 0.879.